The Bertz CT molecular complexity index is 1870. The van der Waals surface area contributed by atoms with Crippen molar-refractivity contribution in [2.45, 2.75) is 69.2 Å². The molecule has 0 radical (unpaired) electrons. The molecule has 2 aromatic carbocycles. The van der Waals surface area contributed by atoms with Gasteiger partial charge in [0.2, 0.25) is 0 Å². The van der Waals surface area contributed by atoms with Gasteiger partial charge in [-0.15, -0.1) is 0 Å². The SMILES string of the molecule is [2H]C([2H])(Oc1nc(N2CC3CCC2CN3)c2cnc(-c3cc(O)cc4ccc(F)c(CC)c34)c(F)c2n1)[C@]12CCCN1C[C@@H](F)C2. The van der Waals surface area contributed by atoms with E-state index in [2.05, 4.69) is 20.2 Å². The van der Waals surface area contributed by atoms with E-state index in [-0.39, 0.29) is 53.6 Å². The molecule has 0 amide bonds. The highest BCUT2D eigenvalue weighted by Crippen LogP contribution is 2.42. The van der Waals surface area contributed by atoms with E-state index in [0.717, 1.165) is 19.4 Å². The number of fused-ring (bicyclic) bond motifs is 6. The predicted octanol–water partition coefficient (Wildman–Crippen LogP) is 5.29. The summed E-state index contributed by atoms with van der Waals surface area (Å²) in [6.45, 7) is 1.48. The summed E-state index contributed by atoms with van der Waals surface area (Å²) in [7, 11) is 0. The summed E-state index contributed by atoms with van der Waals surface area (Å²) in [4.78, 5) is 17.6. The number of aromatic nitrogens is 3. The lowest BCUT2D eigenvalue weighted by Gasteiger charge is -2.46. The van der Waals surface area contributed by atoms with Crippen LogP contribution in [0.2, 0.25) is 0 Å². The highest BCUT2D eigenvalue weighted by Gasteiger charge is 2.49. The standard InChI is InChI=1S/C33H35F3N6O2/c1-2-23-26(35)7-4-18-10-22(43)11-24(27(18)23)29-28(36)30-25(14-38-29)31(42-16-20-5-6-21(42)13-37-20)40-32(39-30)44-17-33-8-3-9-41(33)15-19(34)12-33/h4,7,10-11,14,19-21,37,43H,2-3,5-6,8-9,12-13,15-17H2,1H3/t19-,20?,21?,33+/m0/s1/i17D2. The number of pyridine rings is 1. The van der Waals surface area contributed by atoms with Gasteiger partial charge in [0, 0.05) is 49.9 Å². The molecule has 4 aromatic rings. The summed E-state index contributed by atoms with van der Waals surface area (Å²) in [5, 5.41) is 15.4. The zero-order valence-corrected chi connectivity index (χ0v) is 24.4. The predicted molar refractivity (Wildman–Crippen MR) is 162 cm³/mol. The Morgan fingerprint density at radius 3 is 2.86 bits per heavy atom. The number of ether oxygens (including phenoxy) is 1. The number of halogens is 3. The number of alkyl halides is 1. The first-order valence-corrected chi connectivity index (χ1v) is 15.5. The van der Waals surface area contributed by atoms with Crippen LogP contribution in [0.1, 0.15) is 47.3 Å². The zero-order valence-electron chi connectivity index (χ0n) is 26.4. The van der Waals surface area contributed by atoms with Crippen LogP contribution in [-0.4, -0.2) is 81.5 Å². The first-order chi connectivity index (χ1) is 22.1. The van der Waals surface area contributed by atoms with Gasteiger partial charge in [0.25, 0.3) is 0 Å². The Kier molecular flexibility index (Phi) is 6.08. The van der Waals surface area contributed by atoms with Crippen LogP contribution in [-0.2, 0) is 6.42 Å². The van der Waals surface area contributed by atoms with Gasteiger partial charge in [-0.1, -0.05) is 13.0 Å². The van der Waals surface area contributed by atoms with Gasteiger partial charge in [0.05, 0.1) is 13.7 Å². The van der Waals surface area contributed by atoms with Crippen molar-refractivity contribution in [3.63, 3.8) is 0 Å². The summed E-state index contributed by atoms with van der Waals surface area (Å²) in [6, 6.07) is 5.68. The molecule has 0 aliphatic carbocycles. The number of hydrogen-bond acceptors (Lipinski definition) is 8. The fourth-order valence-corrected chi connectivity index (χ4v) is 7.87. The zero-order chi connectivity index (χ0) is 32.0. The molecule has 2 bridgehead atoms. The average molecular weight is 607 g/mol. The Morgan fingerprint density at radius 2 is 2.09 bits per heavy atom. The number of hydrogen-bond donors (Lipinski definition) is 2. The Hall–Kier alpha value is -3.70. The number of aromatic hydroxyl groups is 1. The topological polar surface area (TPSA) is 86.6 Å². The second kappa shape index (κ2) is 10.4. The molecule has 5 saturated heterocycles. The molecule has 230 valence electrons. The van der Waals surface area contributed by atoms with E-state index in [1.165, 1.54) is 30.5 Å². The van der Waals surface area contributed by atoms with Gasteiger partial charge in [0.1, 0.15) is 41.3 Å². The Balaban J connectivity index is 1.31. The largest absolute Gasteiger partial charge is 0.508 e. The lowest BCUT2D eigenvalue weighted by Crippen LogP contribution is -2.61. The van der Waals surface area contributed by atoms with Gasteiger partial charge in [-0.2, -0.15) is 9.97 Å². The molecule has 44 heavy (non-hydrogen) atoms. The van der Waals surface area contributed by atoms with Gasteiger partial charge in [-0.05, 0) is 73.2 Å². The smallest absolute Gasteiger partial charge is 0.319 e. The van der Waals surface area contributed by atoms with Gasteiger partial charge in [-0.25, -0.2) is 13.2 Å². The van der Waals surface area contributed by atoms with Crippen molar-refractivity contribution in [3.05, 3.63) is 47.7 Å². The van der Waals surface area contributed by atoms with Crippen LogP contribution in [0.3, 0.4) is 0 Å². The number of rotatable bonds is 6. The maximum atomic E-state index is 16.9. The number of nitrogens with one attached hydrogen (secondary N) is 1. The third kappa shape index (κ3) is 4.38. The minimum atomic E-state index is -2.36. The average Bonchev–Trinajstić information content (AvgIpc) is 3.59. The molecule has 11 heteroatoms. The van der Waals surface area contributed by atoms with E-state index >= 15 is 4.39 Å². The van der Waals surface area contributed by atoms with Crippen LogP contribution in [0.5, 0.6) is 11.8 Å². The molecule has 7 heterocycles. The van der Waals surface area contributed by atoms with Gasteiger partial charge >= 0.3 is 6.01 Å². The van der Waals surface area contributed by atoms with Crippen molar-refractivity contribution in [2.75, 3.05) is 37.6 Å². The van der Waals surface area contributed by atoms with Gasteiger partial charge in [0.15, 0.2) is 5.82 Å². The molecule has 0 spiro atoms. The lowest BCUT2D eigenvalue weighted by molar-refractivity contribution is 0.107. The van der Waals surface area contributed by atoms with Crippen molar-refractivity contribution < 1.29 is 25.8 Å². The molecule has 2 aromatic heterocycles. The van der Waals surface area contributed by atoms with E-state index in [1.54, 1.807) is 6.92 Å². The first kappa shape index (κ1) is 25.6. The first-order valence-electron chi connectivity index (χ1n) is 16.5. The number of piperazine rings is 1. The fraction of sp³-hybridized carbons (Fsp3) is 0.485. The Morgan fingerprint density at radius 1 is 1.20 bits per heavy atom. The monoisotopic (exact) mass is 606 g/mol. The van der Waals surface area contributed by atoms with Gasteiger partial charge < -0.3 is 20.1 Å². The lowest BCUT2D eigenvalue weighted by atomic mass is 9.92. The van der Waals surface area contributed by atoms with Crippen LogP contribution in [0.4, 0.5) is 19.0 Å². The summed E-state index contributed by atoms with van der Waals surface area (Å²) >= 11 is 0. The molecule has 2 unspecified atom stereocenters. The molecule has 5 fully saturated rings. The van der Waals surface area contributed by atoms with Crippen LogP contribution in [0.15, 0.2) is 30.5 Å². The number of nitrogens with zero attached hydrogens (tertiary/aromatic N) is 5. The fourth-order valence-electron chi connectivity index (χ4n) is 7.87. The van der Waals surface area contributed by atoms with E-state index in [0.29, 0.717) is 59.9 Å². The van der Waals surface area contributed by atoms with Crippen LogP contribution < -0.4 is 15.0 Å². The van der Waals surface area contributed by atoms with Crippen molar-refractivity contribution in [2.24, 2.45) is 0 Å². The third-order valence-corrected chi connectivity index (χ3v) is 9.96. The molecular formula is C33H35F3N6O2. The van der Waals surface area contributed by atoms with Crippen LogP contribution in [0, 0.1) is 11.6 Å². The number of phenolic OH excluding ortho intramolecular Hbond substituents is 1. The maximum Gasteiger partial charge on any atom is 0.319 e. The quantitative estimate of drug-likeness (QED) is 0.307. The molecular weight excluding hydrogens is 569 g/mol. The molecule has 5 aliphatic heterocycles. The summed E-state index contributed by atoms with van der Waals surface area (Å²) in [5.74, 6) is -1.00. The normalized spacial score (nSPS) is 27.6. The number of anilines is 1. The molecule has 8 nitrogen and oxygen atoms in total. The number of benzene rings is 2. The molecule has 0 saturated carbocycles. The second-order valence-electron chi connectivity index (χ2n) is 12.6. The number of aryl methyl sites for hydroxylation is 1. The van der Waals surface area contributed by atoms with E-state index in [1.807, 2.05) is 4.90 Å². The maximum absolute atomic E-state index is 16.9. The van der Waals surface area contributed by atoms with Crippen LogP contribution in [0.25, 0.3) is 32.9 Å². The van der Waals surface area contributed by atoms with Gasteiger partial charge in [-0.3, -0.25) is 9.88 Å². The van der Waals surface area contributed by atoms with E-state index in [9.17, 15) is 13.9 Å². The summed E-state index contributed by atoms with van der Waals surface area (Å²) in [6.07, 6.45) is 3.67. The minimum Gasteiger partial charge on any atom is -0.508 e. The second-order valence-corrected chi connectivity index (χ2v) is 12.6. The summed E-state index contributed by atoms with van der Waals surface area (Å²) in [5.41, 5.74) is -0.857. The van der Waals surface area contributed by atoms with Crippen LogP contribution >= 0.6 is 0 Å². The highest BCUT2D eigenvalue weighted by atomic mass is 19.1. The molecule has 9 rings (SSSR count). The minimum absolute atomic E-state index is 0.00862. The molecule has 2 N–H and O–H groups in total. The van der Waals surface area contributed by atoms with Crippen molar-refractivity contribution in [3.8, 4) is 23.0 Å². The third-order valence-electron chi connectivity index (χ3n) is 9.96. The molecule has 5 aliphatic rings. The van der Waals surface area contributed by atoms with Crippen molar-refractivity contribution in [1.29, 1.82) is 0 Å². The van der Waals surface area contributed by atoms with Crippen molar-refractivity contribution >= 4 is 27.5 Å². The summed E-state index contributed by atoms with van der Waals surface area (Å²) < 4.78 is 70.6. The van der Waals surface area contributed by atoms with E-state index < -0.39 is 29.9 Å². The number of phenols is 1. The highest BCUT2D eigenvalue weighted by molar-refractivity contribution is 6.01. The van der Waals surface area contributed by atoms with E-state index in [4.69, 9.17) is 12.5 Å². The van der Waals surface area contributed by atoms with Crippen molar-refractivity contribution in [1.82, 2.24) is 25.2 Å². The number of piperidine rings is 2. The molecule has 4 atom stereocenters. The Labute approximate surface area is 256 Å².